The maximum atomic E-state index is 12.6. The Hall–Kier alpha value is -1.55. The van der Waals surface area contributed by atoms with Crippen LogP contribution in [0.2, 0.25) is 0 Å². The molecule has 0 spiro atoms. The number of amides is 1. The van der Waals surface area contributed by atoms with Gasteiger partial charge in [-0.1, -0.05) is 45.0 Å². The maximum absolute atomic E-state index is 12.6. The van der Waals surface area contributed by atoms with Crippen LogP contribution in [-0.2, 0) is 15.8 Å². The van der Waals surface area contributed by atoms with E-state index in [1.165, 1.54) is 5.56 Å². The van der Waals surface area contributed by atoms with E-state index in [9.17, 15) is 9.90 Å². The molecule has 0 aromatic heterocycles. The highest BCUT2D eigenvalue weighted by Gasteiger charge is 2.51. The number of carbonyl (C=O) groups excluding carboxylic acids is 1. The van der Waals surface area contributed by atoms with E-state index in [0.29, 0.717) is 12.8 Å². The first kappa shape index (κ1) is 19.2. The van der Waals surface area contributed by atoms with Gasteiger partial charge in [0.2, 0.25) is 0 Å². The second kappa shape index (κ2) is 6.26. The van der Waals surface area contributed by atoms with Crippen molar-refractivity contribution >= 4 is 6.09 Å². The number of hydrogen-bond acceptors (Lipinski definition) is 3. The second-order valence-electron chi connectivity index (χ2n) is 10.0. The molecular formula is C22H33NO3. The van der Waals surface area contributed by atoms with Gasteiger partial charge in [-0.25, -0.2) is 4.79 Å². The van der Waals surface area contributed by atoms with Crippen molar-refractivity contribution in [3.8, 4) is 0 Å². The lowest BCUT2D eigenvalue weighted by molar-refractivity contribution is -0.0624. The van der Waals surface area contributed by atoms with E-state index >= 15 is 0 Å². The molecule has 3 rings (SSSR count). The van der Waals surface area contributed by atoms with Crippen LogP contribution in [0.3, 0.4) is 0 Å². The van der Waals surface area contributed by atoms with Gasteiger partial charge >= 0.3 is 6.09 Å². The fraction of sp³-hybridized carbons (Fsp3) is 0.682. The molecule has 2 unspecified atom stereocenters. The molecule has 2 aliphatic heterocycles. The Labute approximate surface area is 157 Å². The van der Waals surface area contributed by atoms with Crippen LogP contribution in [0.15, 0.2) is 24.3 Å². The van der Waals surface area contributed by atoms with Gasteiger partial charge in [0.05, 0.1) is 5.60 Å². The van der Waals surface area contributed by atoms with Gasteiger partial charge in [0.1, 0.15) is 5.60 Å². The van der Waals surface area contributed by atoms with Gasteiger partial charge in [0, 0.05) is 24.9 Å². The Morgan fingerprint density at radius 2 is 1.69 bits per heavy atom. The molecule has 144 valence electrons. The number of nitrogens with zero attached hydrogens (tertiary/aromatic N) is 1. The predicted octanol–water partition coefficient (Wildman–Crippen LogP) is 4.73. The van der Waals surface area contributed by atoms with E-state index in [1.54, 1.807) is 0 Å². The number of aliphatic hydroxyl groups is 1. The molecule has 1 N–H and O–H groups in total. The third-order valence-electron chi connectivity index (χ3n) is 5.64. The number of rotatable bonds is 1. The van der Waals surface area contributed by atoms with Gasteiger partial charge in [-0.2, -0.15) is 0 Å². The number of fused-ring (bicyclic) bond motifs is 2. The van der Waals surface area contributed by atoms with E-state index in [1.807, 2.05) is 37.8 Å². The molecule has 2 bridgehead atoms. The second-order valence-corrected chi connectivity index (χ2v) is 10.0. The first-order valence-corrected chi connectivity index (χ1v) is 9.74. The minimum absolute atomic E-state index is 0.0442. The molecule has 2 atom stereocenters. The standard InChI is InChI=1S/C22H33NO3/c1-20(2,3)15-8-7-9-16(12-15)22(25)13-17-10-11-18(14-22)23(17)19(24)26-21(4,5)6/h7-9,12,17-18,25H,10-11,13-14H2,1-6H3. The van der Waals surface area contributed by atoms with Crippen LogP contribution in [-0.4, -0.2) is 33.8 Å². The normalized spacial score (nSPS) is 29.0. The lowest BCUT2D eigenvalue weighted by atomic mass is 9.78. The van der Waals surface area contributed by atoms with Crippen LogP contribution in [0.1, 0.15) is 78.4 Å². The Morgan fingerprint density at radius 3 is 2.19 bits per heavy atom. The molecular weight excluding hydrogens is 326 g/mol. The summed E-state index contributed by atoms with van der Waals surface area (Å²) in [6.07, 6.45) is 2.79. The lowest BCUT2D eigenvalue weighted by Crippen LogP contribution is -2.53. The molecule has 1 amide bonds. The first-order chi connectivity index (χ1) is 11.9. The monoisotopic (exact) mass is 359 g/mol. The molecule has 0 radical (unpaired) electrons. The maximum Gasteiger partial charge on any atom is 0.410 e. The Balaban J connectivity index is 1.83. The highest BCUT2D eigenvalue weighted by molar-refractivity contribution is 5.69. The molecule has 1 aromatic rings. The molecule has 26 heavy (non-hydrogen) atoms. The smallest absolute Gasteiger partial charge is 0.410 e. The van der Waals surface area contributed by atoms with Crippen molar-refractivity contribution in [2.24, 2.45) is 0 Å². The van der Waals surface area contributed by atoms with E-state index in [0.717, 1.165) is 18.4 Å². The van der Waals surface area contributed by atoms with E-state index in [4.69, 9.17) is 4.74 Å². The number of carbonyl (C=O) groups is 1. The van der Waals surface area contributed by atoms with Crippen molar-refractivity contribution in [2.45, 2.75) is 95.9 Å². The van der Waals surface area contributed by atoms with E-state index < -0.39 is 11.2 Å². The number of benzene rings is 1. The summed E-state index contributed by atoms with van der Waals surface area (Å²) in [4.78, 5) is 14.5. The molecule has 4 heteroatoms. The summed E-state index contributed by atoms with van der Waals surface area (Å²) in [5.74, 6) is 0. The van der Waals surface area contributed by atoms with E-state index in [2.05, 4.69) is 32.9 Å². The molecule has 0 saturated carbocycles. The van der Waals surface area contributed by atoms with E-state index in [-0.39, 0.29) is 23.6 Å². The van der Waals surface area contributed by atoms with Crippen LogP contribution in [0.5, 0.6) is 0 Å². The van der Waals surface area contributed by atoms with Crippen LogP contribution in [0.4, 0.5) is 4.79 Å². The molecule has 2 fully saturated rings. The quantitative estimate of drug-likeness (QED) is 0.788. The summed E-state index contributed by atoms with van der Waals surface area (Å²) in [5, 5.41) is 11.5. The van der Waals surface area contributed by atoms with Crippen LogP contribution in [0, 0.1) is 0 Å². The molecule has 2 saturated heterocycles. The number of ether oxygens (including phenoxy) is 1. The molecule has 0 aliphatic carbocycles. The Kier molecular flexibility index (Phi) is 4.63. The van der Waals surface area contributed by atoms with Crippen molar-refractivity contribution in [1.29, 1.82) is 0 Å². The van der Waals surface area contributed by atoms with Gasteiger partial charge in [-0.3, -0.25) is 0 Å². The highest BCUT2D eigenvalue weighted by Crippen LogP contribution is 2.46. The number of hydrogen-bond donors (Lipinski definition) is 1. The largest absolute Gasteiger partial charge is 0.444 e. The van der Waals surface area contributed by atoms with Crippen molar-refractivity contribution < 1.29 is 14.6 Å². The fourth-order valence-corrected chi connectivity index (χ4v) is 4.35. The summed E-state index contributed by atoms with van der Waals surface area (Å²) in [6.45, 7) is 12.2. The Morgan fingerprint density at radius 1 is 1.12 bits per heavy atom. The van der Waals surface area contributed by atoms with Crippen molar-refractivity contribution in [3.05, 3.63) is 35.4 Å². The fourth-order valence-electron chi connectivity index (χ4n) is 4.35. The molecule has 2 heterocycles. The average molecular weight is 360 g/mol. The third-order valence-corrected chi connectivity index (χ3v) is 5.64. The predicted molar refractivity (Wildman–Crippen MR) is 103 cm³/mol. The minimum Gasteiger partial charge on any atom is -0.444 e. The van der Waals surface area contributed by atoms with Gasteiger partial charge in [-0.05, 0) is 50.2 Å². The van der Waals surface area contributed by atoms with Crippen LogP contribution in [0.25, 0.3) is 0 Å². The summed E-state index contributed by atoms with van der Waals surface area (Å²) in [6, 6.07) is 8.42. The zero-order valence-corrected chi connectivity index (χ0v) is 17.0. The van der Waals surface area contributed by atoms with Gasteiger partial charge in [-0.15, -0.1) is 0 Å². The van der Waals surface area contributed by atoms with Gasteiger partial charge in [0.25, 0.3) is 0 Å². The van der Waals surface area contributed by atoms with Crippen LogP contribution < -0.4 is 0 Å². The Bertz CT molecular complexity index is 669. The zero-order chi connectivity index (χ0) is 19.3. The van der Waals surface area contributed by atoms with Crippen molar-refractivity contribution in [2.75, 3.05) is 0 Å². The van der Waals surface area contributed by atoms with Gasteiger partial charge < -0.3 is 14.7 Å². The molecule has 1 aromatic carbocycles. The molecule has 4 nitrogen and oxygen atoms in total. The highest BCUT2D eigenvalue weighted by atomic mass is 16.6. The van der Waals surface area contributed by atoms with Crippen LogP contribution >= 0.6 is 0 Å². The summed E-state index contributed by atoms with van der Waals surface area (Å²) < 4.78 is 5.60. The lowest BCUT2D eigenvalue weighted by Gasteiger charge is -2.44. The van der Waals surface area contributed by atoms with Crippen molar-refractivity contribution in [1.82, 2.24) is 4.90 Å². The average Bonchev–Trinajstić information content (AvgIpc) is 2.78. The minimum atomic E-state index is -0.869. The zero-order valence-electron chi connectivity index (χ0n) is 17.0. The SMILES string of the molecule is CC(C)(C)OC(=O)N1C2CCC1CC(O)(c1cccc(C(C)(C)C)c1)C2. The number of piperidine rings is 1. The first-order valence-electron chi connectivity index (χ1n) is 9.74. The van der Waals surface area contributed by atoms with Gasteiger partial charge in [0.15, 0.2) is 0 Å². The third kappa shape index (κ3) is 3.75. The topological polar surface area (TPSA) is 49.8 Å². The summed E-state index contributed by atoms with van der Waals surface area (Å²) in [5.41, 5.74) is 0.885. The van der Waals surface area contributed by atoms with Crippen molar-refractivity contribution in [3.63, 3.8) is 0 Å². The summed E-state index contributed by atoms with van der Waals surface area (Å²) >= 11 is 0. The molecule has 2 aliphatic rings. The summed E-state index contributed by atoms with van der Waals surface area (Å²) in [7, 11) is 0.